The molecule has 37 heavy (non-hydrogen) atoms. The van der Waals surface area contributed by atoms with Crippen LogP contribution in [0.4, 0.5) is 4.79 Å². The van der Waals surface area contributed by atoms with Crippen LogP contribution in [0, 0.1) is 0 Å². The number of rotatable bonds is 19. The molecule has 0 saturated carbocycles. The Labute approximate surface area is 220 Å². The van der Waals surface area contributed by atoms with E-state index in [-0.39, 0.29) is 24.1 Å². The molecule has 0 fully saturated rings. The maximum Gasteiger partial charge on any atom is 0.408 e. The number of hydrogen-bond acceptors (Lipinski definition) is 6. The van der Waals surface area contributed by atoms with E-state index in [1.165, 1.54) is 17.1 Å². The Bertz CT molecular complexity index is 771. The number of hydrogen-bond donors (Lipinski definition) is 3. The lowest BCUT2D eigenvalue weighted by Crippen LogP contribution is -2.43. The van der Waals surface area contributed by atoms with Gasteiger partial charge in [0.05, 0.1) is 0 Å². The molecule has 10 nitrogen and oxygen atoms in total. The van der Waals surface area contributed by atoms with Crippen molar-refractivity contribution in [3.63, 3.8) is 0 Å². The van der Waals surface area contributed by atoms with E-state index in [0.717, 1.165) is 57.8 Å². The monoisotopic (exact) mass is 523 g/mol. The average molecular weight is 524 g/mol. The second-order valence-corrected chi connectivity index (χ2v) is 10.5. The first-order chi connectivity index (χ1) is 17.5. The van der Waals surface area contributed by atoms with Crippen molar-refractivity contribution in [1.29, 1.82) is 0 Å². The number of imide groups is 1. The Morgan fingerprint density at radius 2 is 1.41 bits per heavy atom. The van der Waals surface area contributed by atoms with Crippen molar-refractivity contribution in [3.05, 3.63) is 12.2 Å². The second-order valence-electron chi connectivity index (χ2n) is 10.5. The quantitative estimate of drug-likeness (QED) is 0.171. The summed E-state index contributed by atoms with van der Waals surface area (Å²) < 4.78 is 5.09. The van der Waals surface area contributed by atoms with E-state index in [4.69, 9.17) is 4.74 Å². The summed E-state index contributed by atoms with van der Waals surface area (Å²) >= 11 is 0. The van der Waals surface area contributed by atoms with E-state index in [1.54, 1.807) is 20.8 Å². The molecule has 0 aromatic carbocycles. The van der Waals surface area contributed by atoms with Crippen molar-refractivity contribution < 1.29 is 33.8 Å². The van der Waals surface area contributed by atoms with E-state index in [2.05, 4.69) is 10.6 Å². The summed E-state index contributed by atoms with van der Waals surface area (Å²) in [6.45, 7) is 6.11. The number of carbonyl (C=O) groups excluding carboxylic acids is 4. The molecule has 1 rings (SSSR count). The van der Waals surface area contributed by atoms with Gasteiger partial charge in [0.1, 0.15) is 11.6 Å². The van der Waals surface area contributed by atoms with Gasteiger partial charge in [0.15, 0.2) is 0 Å². The molecule has 0 aromatic rings. The standard InChI is InChI=1S/C27H45N3O7/c1-27(2,3)37-26(36)29-21(25(34)35)15-12-13-19-28-22(31)16-11-9-7-5-4-6-8-10-14-20-30-23(32)17-18-24(30)33/h17-18,21H,4-16,19-20H2,1-3H3,(H,28,31)(H,29,36)(H,34,35)/t21-/m0/s1. The largest absolute Gasteiger partial charge is 0.480 e. The average Bonchev–Trinajstić information content (AvgIpc) is 3.12. The Hall–Kier alpha value is -2.91. The number of carbonyl (C=O) groups is 5. The van der Waals surface area contributed by atoms with Gasteiger partial charge in [-0.15, -0.1) is 0 Å². The molecule has 1 aliphatic heterocycles. The van der Waals surface area contributed by atoms with Crippen molar-refractivity contribution >= 4 is 29.8 Å². The first-order valence-electron chi connectivity index (χ1n) is 13.5. The first-order valence-corrected chi connectivity index (χ1v) is 13.5. The molecule has 0 aliphatic carbocycles. The third-order valence-electron chi connectivity index (χ3n) is 5.92. The summed E-state index contributed by atoms with van der Waals surface area (Å²) in [6.07, 6.45) is 13.1. The van der Waals surface area contributed by atoms with Gasteiger partial charge in [-0.3, -0.25) is 19.3 Å². The topological polar surface area (TPSA) is 142 Å². The Morgan fingerprint density at radius 3 is 1.95 bits per heavy atom. The number of aliphatic carboxylic acids is 1. The number of nitrogens with zero attached hydrogens (tertiary/aromatic N) is 1. The van der Waals surface area contributed by atoms with E-state index in [9.17, 15) is 29.1 Å². The Balaban J connectivity index is 1.94. The van der Waals surface area contributed by atoms with Gasteiger partial charge >= 0.3 is 12.1 Å². The van der Waals surface area contributed by atoms with Crippen LogP contribution in [0.1, 0.15) is 104 Å². The van der Waals surface area contributed by atoms with Crippen LogP contribution in [0.25, 0.3) is 0 Å². The number of amides is 4. The van der Waals surface area contributed by atoms with Gasteiger partial charge in [0.25, 0.3) is 11.8 Å². The van der Waals surface area contributed by atoms with Crippen LogP contribution in [0.5, 0.6) is 0 Å². The van der Waals surface area contributed by atoms with Crippen molar-refractivity contribution in [1.82, 2.24) is 15.5 Å². The molecule has 0 aromatic heterocycles. The summed E-state index contributed by atoms with van der Waals surface area (Å²) in [4.78, 5) is 59.3. The molecular weight excluding hydrogens is 478 g/mol. The lowest BCUT2D eigenvalue weighted by atomic mass is 10.1. The molecule has 1 heterocycles. The molecule has 4 amide bonds. The Kier molecular flexibility index (Phi) is 15.2. The van der Waals surface area contributed by atoms with E-state index in [0.29, 0.717) is 32.4 Å². The highest BCUT2D eigenvalue weighted by atomic mass is 16.6. The molecule has 0 bridgehead atoms. The van der Waals surface area contributed by atoms with Gasteiger partial charge in [0.2, 0.25) is 5.91 Å². The van der Waals surface area contributed by atoms with Gasteiger partial charge in [0, 0.05) is 31.7 Å². The highest BCUT2D eigenvalue weighted by molar-refractivity contribution is 6.12. The fraction of sp³-hybridized carbons (Fsp3) is 0.741. The van der Waals surface area contributed by atoms with Gasteiger partial charge in [-0.2, -0.15) is 0 Å². The lowest BCUT2D eigenvalue weighted by molar-refractivity contribution is -0.140. The van der Waals surface area contributed by atoms with Crippen LogP contribution in [-0.4, -0.2) is 64.5 Å². The molecule has 0 spiro atoms. The highest BCUT2D eigenvalue weighted by Gasteiger charge is 2.24. The van der Waals surface area contributed by atoms with Gasteiger partial charge in [-0.1, -0.05) is 44.9 Å². The Morgan fingerprint density at radius 1 is 0.865 bits per heavy atom. The predicted molar refractivity (Wildman–Crippen MR) is 140 cm³/mol. The van der Waals surface area contributed by atoms with E-state index >= 15 is 0 Å². The maximum absolute atomic E-state index is 12.0. The minimum atomic E-state index is -1.11. The number of carboxylic acid groups (broad SMARTS) is 1. The number of unbranched alkanes of at least 4 members (excludes halogenated alkanes) is 9. The van der Waals surface area contributed by atoms with Gasteiger partial charge in [-0.25, -0.2) is 9.59 Å². The summed E-state index contributed by atoms with van der Waals surface area (Å²) in [5.41, 5.74) is -0.697. The number of alkyl carbamates (subject to hydrolysis) is 1. The molecule has 3 N–H and O–H groups in total. The summed E-state index contributed by atoms with van der Waals surface area (Å²) in [6, 6.07) is -1.02. The summed E-state index contributed by atoms with van der Waals surface area (Å²) in [5.74, 6) is -1.53. The van der Waals surface area contributed by atoms with Crippen LogP contribution < -0.4 is 10.6 Å². The van der Waals surface area contributed by atoms with Crippen molar-refractivity contribution in [2.75, 3.05) is 13.1 Å². The summed E-state index contributed by atoms with van der Waals surface area (Å²) in [7, 11) is 0. The van der Waals surface area contributed by atoms with Crippen molar-refractivity contribution in [3.8, 4) is 0 Å². The zero-order valence-corrected chi connectivity index (χ0v) is 22.7. The normalized spacial score (nSPS) is 14.1. The van der Waals surface area contributed by atoms with Crippen molar-refractivity contribution in [2.45, 2.75) is 116 Å². The molecule has 0 radical (unpaired) electrons. The molecule has 210 valence electrons. The van der Waals surface area contributed by atoms with Crippen LogP contribution in [0.2, 0.25) is 0 Å². The third kappa shape index (κ3) is 15.7. The molecule has 0 saturated heterocycles. The zero-order chi connectivity index (χ0) is 27.7. The number of nitrogens with one attached hydrogen (secondary N) is 2. The summed E-state index contributed by atoms with van der Waals surface area (Å²) in [5, 5.41) is 14.5. The fourth-order valence-corrected chi connectivity index (χ4v) is 3.94. The first kappa shape index (κ1) is 32.1. The molecule has 0 unspecified atom stereocenters. The van der Waals surface area contributed by atoms with Crippen LogP contribution in [0.15, 0.2) is 12.2 Å². The SMILES string of the molecule is CC(C)(C)OC(=O)N[C@@H](CCCCNC(=O)CCCCCCCCCCCN1C(=O)C=CC1=O)C(=O)O. The van der Waals surface area contributed by atoms with E-state index < -0.39 is 23.7 Å². The van der Waals surface area contributed by atoms with Gasteiger partial charge < -0.3 is 20.5 Å². The number of ether oxygens (including phenoxy) is 1. The van der Waals surface area contributed by atoms with Gasteiger partial charge in [-0.05, 0) is 52.9 Å². The minimum absolute atomic E-state index is 0.00632. The second kappa shape index (κ2) is 17.5. The molecule has 1 aliphatic rings. The number of carboxylic acids is 1. The fourth-order valence-electron chi connectivity index (χ4n) is 3.94. The smallest absolute Gasteiger partial charge is 0.408 e. The van der Waals surface area contributed by atoms with Crippen molar-refractivity contribution in [2.24, 2.45) is 0 Å². The van der Waals surface area contributed by atoms with Crippen LogP contribution in [0.3, 0.4) is 0 Å². The maximum atomic E-state index is 12.0. The molecule has 10 heteroatoms. The van der Waals surface area contributed by atoms with Crippen LogP contribution in [-0.2, 0) is 23.9 Å². The molecule has 1 atom stereocenters. The minimum Gasteiger partial charge on any atom is -0.480 e. The van der Waals surface area contributed by atoms with Crippen LogP contribution >= 0.6 is 0 Å². The third-order valence-corrected chi connectivity index (χ3v) is 5.92. The molecular formula is C27H45N3O7. The lowest BCUT2D eigenvalue weighted by Gasteiger charge is -2.22. The highest BCUT2D eigenvalue weighted by Crippen LogP contribution is 2.12. The predicted octanol–water partition coefficient (Wildman–Crippen LogP) is 4.08. The zero-order valence-electron chi connectivity index (χ0n) is 22.7. The van der Waals surface area contributed by atoms with E-state index in [1.807, 2.05) is 0 Å².